The van der Waals surface area contributed by atoms with Crippen molar-refractivity contribution in [2.24, 2.45) is 0 Å². The van der Waals surface area contributed by atoms with Gasteiger partial charge in [-0.1, -0.05) is 5.21 Å². The normalized spacial score (nSPS) is 25.3. The van der Waals surface area contributed by atoms with Crippen LogP contribution in [-0.2, 0) is 20.4 Å². The monoisotopic (exact) mass is 387 g/mol. The Bertz CT molecular complexity index is 966. The number of aromatic nitrogens is 5. The zero-order valence-electron chi connectivity index (χ0n) is 14.0. The van der Waals surface area contributed by atoms with Crippen molar-refractivity contribution in [3.05, 3.63) is 38.8 Å². The standard InChI is InChI=1S/C13H18N5O7P/c1-7-4-18(13(21)14-12(7)20)11-3-8(19)9(25-11)5-17-6-10(15-16-17)26(22,23)24-2/h4,6,8-9,11,19H,3,5H2,1-2H3,(H,22,23)(H,14,20,21)/t8-,9?,11-/m1/s1. The van der Waals surface area contributed by atoms with Crippen LogP contribution in [0, 0.1) is 6.92 Å². The predicted molar refractivity (Wildman–Crippen MR) is 87.1 cm³/mol. The summed E-state index contributed by atoms with van der Waals surface area (Å²) in [6.07, 6.45) is 0.334. The summed E-state index contributed by atoms with van der Waals surface area (Å²) in [5.74, 6) is 0. The number of hydrogen-bond donors (Lipinski definition) is 3. The van der Waals surface area contributed by atoms with Gasteiger partial charge >= 0.3 is 13.3 Å². The molecule has 1 saturated heterocycles. The number of nitrogens with zero attached hydrogens (tertiary/aromatic N) is 4. The Kier molecular flexibility index (Phi) is 4.95. The number of rotatable bonds is 5. The Hall–Kier alpha value is -2.11. The molecule has 3 heterocycles. The molecule has 0 saturated carbocycles. The molecule has 3 N–H and O–H groups in total. The highest BCUT2D eigenvalue weighted by Crippen LogP contribution is 2.38. The lowest BCUT2D eigenvalue weighted by atomic mass is 10.2. The van der Waals surface area contributed by atoms with Crippen LogP contribution in [0.1, 0.15) is 18.2 Å². The highest BCUT2D eigenvalue weighted by molar-refractivity contribution is 7.60. The van der Waals surface area contributed by atoms with Crippen LogP contribution in [0.15, 0.2) is 22.0 Å². The molecule has 3 rings (SSSR count). The van der Waals surface area contributed by atoms with Crippen LogP contribution < -0.4 is 16.7 Å². The van der Waals surface area contributed by atoms with Gasteiger partial charge in [-0.3, -0.25) is 18.9 Å². The molecular formula is C13H18N5O7P. The fourth-order valence-electron chi connectivity index (χ4n) is 2.64. The molecule has 0 radical (unpaired) electrons. The number of ether oxygens (including phenoxy) is 1. The molecule has 1 fully saturated rings. The lowest BCUT2D eigenvalue weighted by Gasteiger charge is -2.16. The van der Waals surface area contributed by atoms with E-state index in [4.69, 9.17) is 4.74 Å². The van der Waals surface area contributed by atoms with Crippen molar-refractivity contribution in [1.82, 2.24) is 24.5 Å². The summed E-state index contributed by atoms with van der Waals surface area (Å²) in [6.45, 7) is 1.60. The highest BCUT2D eigenvalue weighted by atomic mass is 31.2. The van der Waals surface area contributed by atoms with Crippen LogP contribution in [0.5, 0.6) is 0 Å². The fraction of sp³-hybridized carbons (Fsp3) is 0.538. The van der Waals surface area contributed by atoms with Gasteiger partial charge in [0.25, 0.3) is 5.56 Å². The van der Waals surface area contributed by atoms with Gasteiger partial charge in [0.05, 0.1) is 18.8 Å². The number of aromatic amines is 1. The first kappa shape index (κ1) is 18.7. The number of hydrogen-bond acceptors (Lipinski definition) is 8. The first-order chi connectivity index (χ1) is 12.2. The SMILES string of the molecule is COP(=O)(O)c1cn(CC2O[C@@H](n3cc(C)c(=O)[nH]c3=O)C[C@H]2O)nn1. The third kappa shape index (κ3) is 3.55. The molecular weight excluding hydrogens is 369 g/mol. The largest absolute Gasteiger partial charge is 0.390 e. The summed E-state index contributed by atoms with van der Waals surface area (Å²) < 4.78 is 24.3. The molecule has 0 bridgehead atoms. The number of aryl methyl sites for hydroxylation is 1. The number of aliphatic hydroxyl groups excluding tert-OH is 1. The molecule has 1 aliphatic heterocycles. The van der Waals surface area contributed by atoms with Crippen LogP contribution >= 0.6 is 7.60 Å². The van der Waals surface area contributed by atoms with Gasteiger partial charge in [-0.05, 0) is 6.92 Å². The third-order valence-corrected chi connectivity index (χ3v) is 5.37. The third-order valence-electron chi connectivity index (χ3n) is 4.09. The van der Waals surface area contributed by atoms with Gasteiger partial charge < -0.3 is 19.3 Å². The van der Waals surface area contributed by atoms with Gasteiger partial charge in [-0.15, -0.1) is 5.10 Å². The van der Waals surface area contributed by atoms with E-state index in [0.29, 0.717) is 5.56 Å². The lowest BCUT2D eigenvalue weighted by Crippen LogP contribution is -2.33. The Morgan fingerprint density at radius 1 is 1.46 bits per heavy atom. The van der Waals surface area contributed by atoms with Crippen LogP contribution in [0.3, 0.4) is 0 Å². The van der Waals surface area contributed by atoms with E-state index in [2.05, 4.69) is 19.8 Å². The molecule has 12 nitrogen and oxygen atoms in total. The van der Waals surface area contributed by atoms with Crippen molar-refractivity contribution in [2.45, 2.75) is 38.3 Å². The van der Waals surface area contributed by atoms with Crippen molar-refractivity contribution in [3.8, 4) is 0 Å². The summed E-state index contributed by atoms with van der Waals surface area (Å²) in [4.78, 5) is 35.1. The zero-order valence-corrected chi connectivity index (χ0v) is 14.9. The minimum absolute atomic E-state index is 0.0471. The maximum absolute atomic E-state index is 11.9. The maximum atomic E-state index is 11.9. The molecule has 2 aromatic heterocycles. The Balaban J connectivity index is 1.76. The molecule has 0 aromatic carbocycles. The van der Waals surface area contributed by atoms with Gasteiger partial charge in [0.2, 0.25) is 0 Å². The first-order valence-corrected chi connectivity index (χ1v) is 9.24. The van der Waals surface area contributed by atoms with E-state index >= 15 is 0 Å². The van der Waals surface area contributed by atoms with Crippen molar-refractivity contribution in [2.75, 3.05) is 7.11 Å². The smallest absolute Gasteiger partial charge is 0.380 e. The Labute approximate surface area is 146 Å². The highest BCUT2D eigenvalue weighted by Gasteiger charge is 2.36. The molecule has 142 valence electrons. The summed E-state index contributed by atoms with van der Waals surface area (Å²) in [6, 6.07) is 0. The summed E-state index contributed by atoms with van der Waals surface area (Å²) >= 11 is 0. The van der Waals surface area contributed by atoms with Crippen molar-refractivity contribution >= 4 is 13.0 Å². The van der Waals surface area contributed by atoms with Crippen molar-refractivity contribution in [1.29, 1.82) is 0 Å². The second kappa shape index (κ2) is 6.89. The average Bonchev–Trinajstić information content (AvgIpc) is 3.19. The van der Waals surface area contributed by atoms with Gasteiger partial charge in [0.1, 0.15) is 12.3 Å². The molecule has 0 aliphatic carbocycles. The molecule has 2 unspecified atom stereocenters. The minimum atomic E-state index is -4.02. The van der Waals surface area contributed by atoms with E-state index in [1.165, 1.54) is 21.6 Å². The molecule has 1 aliphatic rings. The second-order valence-electron chi connectivity index (χ2n) is 5.91. The Morgan fingerprint density at radius 3 is 2.88 bits per heavy atom. The maximum Gasteiger partial charge on any atom is 0.380 e. The molecule has 0 amide bonds. The van der Waals surface area contributed by atoms with Gasteiger partial charge in [0.15, 0.2) is 5.44 Å². The Morgan fingerprint density at radius 2 is 2.19 bits per heavy atom. The number of aliphatic hydroxyl groups is 1. The predicted octanol–water partition coefficient (Wildman–Crippen LogP) is -1.76. The average molecular weight is 387 g/mol. The van der Waals surface area contributed by atoms with E-state index < -0.39 is 37.3 Å². The van der Waals surface area contributed by atoms with Crippen LogP contribution in [-0.4, -0.2) is 53.9 Å². The molecule has 13 heteroatoms. The molecule has 4 atom stereocenters. The molecule has 0 spiro atoms. The summed E-state index contributed by atoms with van der Waals surface area (Å²) in [5.41, 5.74) is -1.01. The van der Waals surface area contributed by atoms with Gasteiger partial charge in [0, 0.05) is 25.3 Å². The summed E-state index contributed by atoms with van der Waals surface area (Å²) in [5, 5.41) is 17.5. The molecule has 26 heavy (non-hydrogen) atoms. The van der Waals surface area contributed by atoms with Crippen molar-refractivity contribution < 1.29 is 23.8 Å². The van der Waals surface area contributed by atoms with Crippen LogP contribution in [0.4, 0.5) is 0 Å². The minimum Gasteiger partial charge on any atom is -0.390 e. The first-order valence-electron chi connectivity index (χ1n) is 7.66. The van der Waals surface area contributed by atoms with E-state index in [0.717, 1.165) is 7.11 Å². The van der Waals surface area contributed by atoms with Crippen molar-refractivity contribution in [3.63, 3.8) is 0 Å². The van der Waals surface area contributed by atoms with Crippen LogP contribution in [0.2, 0.25) is 0 Å². The lowest BCUT2D eigenvalue weighted by molar-refractivity contribution is -0.0302. The zero-order chi connectivity index (χ0) is 19.1. The fourth-order valence-corrected chi connectivity index (χ4v) is 3.25. The topological polar surface area (TPSA) is 162 Å². The number of nitrogens with one attached hydrogen (secondary N) is 1. The van der Waals surface area contributed by atoms with Gasteiger partial charge in [-0.25, -0.2) is 9.48 Å². The molecule has 2 aromatic rings. The van der Waals surface area contributed by atoms with Gasteiger partial charge in [-0.2, -0.15) is 0 Å². The van der Waals surface area contributed by atoms with E-state index in [9.17, 15) is 24.2 Å². The second-order valence-corrected chi connectivity index (χ2v) is 7.78. The quantitative estimate of drug-likeness (QED) is 0.505. The summed E-state index contributed by atoms with van der Waals surface area (Å²) in [7, 11) is -2.94. The van der Waals surface area contributed by atoms with Crippen LogP contribution in [0.25, 0.3) is 0 Å². The van der Waals surface area contributed by atoms with E-state index in [1.807, 2.05) is 0 Å². The van der Waals surface area contributed by atoms with E-state index in [-0.39, 0.29) is 18.4 Å². The number of H-pyrrole nitrogens is 1. The van der Waals surface area contributed by atoms with E-state index in [1.54, 1.807) is 6.92 Å².